The number of rotatable bonds is 1. The Morgan fingerprint density at radius 2 is 1.87 bits per heavy atom. The number of aryl methyl sites for hydroxylation is 2. The van der Waals surface area contributed by atoms with Crippen molar-refractivity contribution >= 4 is 17.5 Å². The number of hydrogen-bond acceptors (Lipinski definition) is 3. The Balaban J connectivity index is 2.90. The van der Waals surface area contributed by atoms with E-state index in [-0.39, 0.29) is 0 Å². The molecule has 0 aromatic carbocycles. The van der Waals surface area contributed by atoms with Crippen LogP contribution in [-0.2, 0) is 16.6 Å². The van der Waals surface area contributed by atoms with E-state index in [1.165, 1.54) is 7.05 Å². The molecular formula is C9H14N4O2. The first-order chi connectivity index (χ1) is 6.97. The van der Waals surface area contributed by atoms with Crippen molar-refractivity contribution in [2.45, 2.75) is 13.8 Å². The van der Waals surface area contributed by atoms with Crippen molar-refractivity contribution in [2.75, 3.05) is 12.4 Å². The summed E-state index contributed by atoms with van der Waals surface area (Å²) in [4.78, 5) is 22.3. The number of carbonyl (C=O) groups is 2. The topological polar surface area (TPSA) is 76.0 Å². The van der Waals surface area contributed by atoms with Crippen molar-refractivity contribution in [3.8, 4) is 0 Å². The van der Waals surface area contributed by atoms with Crippen molar-refractivity contribution in [1.29, 1.82) is 0 Å². The molecule has 0 aliphatic rings. The summed E-state index contributed by atoms with van der Waals surface area (Å²) in [6.07, 6.45) is 0. The maximum atomic E-state index is 11.3. The Morgan fingerprint density at radius 1 is 1.27 bits per heavy atom. The molecule has 1 aromatic rings. The lowest BCUT2D eigenvalue weighted by molar-refractivity contribution is -0.135. The van der Waals surface area contributed by atoms with Gasteiger partial charge in [0, 0.05) is 14.1 Å². The molecule has 1 heterocycles. The van der Waals surface area contributed by atoms with Crippen LogP contribution >= 0.6 is 0 Å². The molecule has 15 heavy (non-hydrogen) atoms. The van der Waals surface area contributed by atoms with Crippen LogP contribution in [0.3, 0.4) is 0 Å². The maximum absolute atomic E-state index is 11.3. The number of carbonyl (C=O) groups excluding carboxylic acids is 2. The lowest BCUT2D eigenvalue weighted by Crippen LogP contribution is -2.33. The van der Waals surface area contributed by atoms with E-state index in [2.05, 4.69) is 15.7 Å². The highest BCUT2D eigenvalue weighted by atomic mass is 16.2. The zero-order valence-corrected chi connectivity index (χ0v) is 9.21. The molecule has 1 rings (SSSR count). The summed E-state index contributed by atoms with van der Waals surface area (Å²) in [5.74, 6) is -1.35. The highest BCUT2D eigenvalue weighted by molar-refractivity contribution is 6.39. The Morgan fingerprint density at radius 3 is 2.27 bits per heavy atom. The van der Waals surface area contributed by atoms with Gasteiger partial charge in [-0.15, -0.1) is 0 Å². The van der Waals surface area contributed by atoms with Crippen molar-refractivity contribution in [1.82, 2.24) is 15.1 Å². The van der Waals surface area contributed by atoms with Gasteiger partial charge >= 0.3 is 11.8 Å². The van der Waals surface area contributed by atoms with Crippen LogP contribution in [0.4, 0.5) is 5.69 Å². The quantitative estimate of drug-likeness (QED) is 0.626. The molecule has 0 fully saturated rings. The highest BCUT2D eigenvalue weighted by Gasteiger charge is 2.16. The van der Waals surface area contributed by atoms with Crippen molar-refractivity contribution < 1.29 is 9.59 Å². The van der Waals surface area contributed by atoms with Crippen molar-refractivity contribution in [3.63, 3.8) is 0 Å². The zero-order chi connectivity index (χ0) is 11.6. The fourth-order valence-corrected chi connectivity index (χ4v) is 1.24. The van der Waals surface area contributed by atoms with Crippen molar-refractivity contribution in [2.24, 2.45) is 7.05 Å². The minimum atomic E-state index is -0.684. The van der Waals surface area contributed by atoms with E-state index in [0.29, 0.717) is 11.4 Å². The average molecular weight is 210 g/mol. The fraction of sp³-hybridized carbons (Fsp3) is 0.444. The predicted molar refractivity (Wildman–Crippen MR) is 55.4 cm³/mol. The van der Waals surface area contributed by atoms with E-state index in [1.807, 2.05) is 6.92 Å². The lowest BCUT2D eigenvalue weighted by Gasteiger charge is -2.03. The van der Waals surface area contributed by atoms with Gasteiger partial charge in [0.1, 0.15) is 0 Å². The van der Waals surface area contributed by atoms with Crippen LogP contribution in [-0.4, -0.2) is 28.6 Å². The van der Waals surface area contributed by atoms with Gasteiger partial charge in [-0.05, 0) is 13.8 Å². The fourth-order valence-electron chi connectivity index (χ4n) is 1.24. The van der Waals surface area contributed by atoms with E-state index < -0.39 is 11.8 Å². The van der Waals surface area contributed by atoms with Gasteiger partial charge in [-0.1, -0.05) is 0 Å². The smallest absolute Gasteiger partial charge is 0.313 e. The molecule has 0 saturated carbocycles. The van der Waals surface area contributed by atoms with Gasteiger partial charge < -0.3 is 10.6 Å². The van der Waals surface area contributed by atoms with Crippen LogP contribution < -0.4 is 10.6 Å². The second kappa shape index (κ2) is 4.12. The third-order valence-corrected chi connectivity index (χ3v) is 2.18. The molecule has 2 N–H and O–H groups in total. The molecule has 1 aromatic heterocycles. The number of amides is 2. The molecule has 0 aliphatic carbocycles. The average Bonchev–Trinajstić information content (AvgIpc) is 2.43. The monoisotopic (exact) mass is 210 g/mol. The molecule has 0 radical (unpaired) electrons. The number of anilines is 1. The van der Waals surface area contributed by atoms with Gasteiger partial charge in [0.15, 0.2) is 0 Å². The summed E-state index contributed by atoms with van der Waals surface area (Å²) in [7, 11) is 3.18. The molecule has 6 heteroatoms. The number of aromatic nitrogens is 2. The Hall–Kier alpha value is -1.85. The molecule has 0 bridgehead atoms. The summed E-state index contributed by atoms with van der Waals surface area (Å²) in [5, 5.41) is 8.89. The molecule has 2 amide bonds. The Labute approximate surface area is 87.7 Å². The Bertz CT molecular complexity index is 408. The standard InChI is InChI=1S/C9H14N4O2/c1-5-7(6(2)13(4)12-5)11-9(15)8(14)10-3/h1-4H3,(H,10,14)(H,11,15). The van der Waals surface area contributed by atoms with E-state index >= 15 is 0 Å². The minimum absolute atomic E-state index is 0.589. The number of nitrogens with zero attached hydrogens (tertiary/aromatic N) is 2. The van der Waals surface area contributed by atoms with Gasteiger partial charge in [0.25, 0.3) is 0 Å². The third-order valence-electron chi connectivity index (χ3n) is 2.18. The number of hydrogen-bond donors (Lipinski definition) is 2. The largest absolute Gasteiger partial charge is 0.351 e. The van der Waals surface area contributed by atoms with Crippen LogP contribution in [0.1, 0.15) is 11.4 Å². The zero-order valence-electron chi connectivity index (χ0n) is 9.21. The number of nitrogens with one attached hydrogen (secondary N) is 2. The maximum Gasteiger partial charge on any atom is 0.313 e. The van der Waals surface area contributed by atoms with Crippen molar-refractivity contribution in [3.05, 3.63) is 11.4 Å². The second-order valence-corrected chi connectivity index (χ2v) is 3.20. The molecule has 82 valence electrons. The van der Waals surface area contributed by atoms with Gasteiger partial charge in [-0.3, -0.25) is 14.3 Å². The summed E-state index contributed by atoms with van der Waals surface area (Å²) in [6.45, 7) is 3.59. The summed E-state index contributed by atoms with van der Waals surface area (Å²) in [6, 6.07) is 0. The molecule has 0 aliphatic heterocycles. The minimum Gasteiger partial charge on any atom is -0.351 e. The van der Waals surface area contributed by atoms with Gasteiger partial charge in [-0.25, -0.2) is 0 Å². The third kappa shape index (κ3) is 2.15. The first kappa shape index (κ1) is 11.2. The molecule has 0 unspecified atom stereocenters. The van der Waals surface area contributed by atoms with Crippen LogP contribution in [0.25, 0.3) is 0 Å². The van der Waals surface area contributed by atoms with Gasteiger partial charge in [0.2, 0.25) is 0 Å². The van der Waals surface area contributed by atoms with Gasteiger partial charge in [-0.2, -0.15) is 5.10 Å². The van der Waals surface area contributed by atoms with Gasteiger partial charge in [0.05, 0.1) is 17.1 Å². The summed E-state index contributed by atoms with van der Waals surface area (Å²) >= 11 is 0. The second-order valence-electron chi connectivity index (χ2n) is 3.20. The molecule has 0 saturated heterocycles. The first-order valence-corrected chi connectivity index (χ1v) is 4.50. The molecule has 0 spiro atoms. The molecule has 6 nitrogen and oxygen atoms in total. The highest BCUT2D eigenvalue weighted by Crippen LogP contribution is 2.17. The van der Waals surface area contributed by atoms with E-state index in [1.54, 1.807) is 18.7 Å². The molecule has 0 atom stereocenters. The Kier molecular flexibility index (Phi) is 3.08. The summed E-state index contributed by atoms with van der Waals surface area (Å²) in [5.41, 5.74) is 2.09. The number of likely N-dealkylation sites (N-methyl/N-ethyl adjacent to an activating group) is 1. The normalized spacial score (nSPS) is 9.87. The first-order valence-electron chi connectivity index (χ1n) is 4.50. The van der Waals surface area contributed by atoms with Crippen LogP contribution in [0.2, 0.25) is 0 Å². The van der Waals surface area contributed by atoms with E-state index in [9.17, 15) is 9.59 Å². The van der Waals surface area contributed by atoms with Crippen LogP contribution in [0.5, 0.6) is 0 Å². The van der Waals surface area contributed by atoms with E-state index in [4.69, 9.17) is 0 Å². The van der Waals surface area contributed by atoms with E-state index in [0.717, 1.165) is 5.69 Å². The van der Waals surface area contributed by atoms with Crippen LogP contribution in [0, 0.1) is 13.8 Å². The van der Waals surface area contributed by atoms with Crippen LogP contribution in [0.15, 0.2) is 0 Å². The lowest BCUT2D eigenvalue weighted by atomic mass is 10.3. The predicted octanol–water partition coefficient (Wildman–Crippen LogP) is -0.279. The summed E-state index contributed by atoms with van der Waals surface area (Å²) < 4.78 is 1.65. The SMILES string of the molecule is CNC(=O)C(=O)Nc1c(C)nn(C)c1C. The molecular weight excluding hydrogens is 196 g/mol.